The number of pyridine rings is 2. The highest BCUT2D eigenvalue weighted by Crippen LogP contribution is 2.06. The number of aromatic carboxylic acids is 1. The summed E-state index contributed by atoms with van der Waals surface area (Å²) >= 11 is 0. The summed E-state index contributed by atoms with van der Waals surface area (Å²) in [6.45, 7) is 0.474. The van der Waals surface area contributed by atoms with E-state index in [4.69, 9.17) is 5.11 Å². The van der Waals surface area contributed by atoms with Gasteiger partial charge in [0.1, 0.15) is 5.82 Å². The van der Waals surface area contributed by atoms with Crippen LogP contribution in [0.5, 0.6) is 0 Å². The fourth-order valence-corrected chi connectivity index (χ4v) is 1.46. The zero-order chi connectivity index (χ0) is 13.0. The van der Waals surface area contributed by atoms with Gasteiger partial charge >= 0.3 is 5.97 Å². The Kier molecular flexibility index (Phi) is 3.38. The van der Waals surface area contributed by atoms with Crippen molar-refractivity contribution in [3.63, 3.8) is 0 Å². The number of hydrogen-bond donors (Lipinski definition) is 3. The van der Waals surface area contributed by atoms with Gasteiger partial charge in [-0.05, 0) is 23.8 Å². The monoisotopic (exact) mass is 245 g/mol. The first-order valence-corrected chi connectivity index (χ1v) is 5.25. The number of nitrogens with one attached hydrogen (secondary N) is 2. The normalized spacial score (nSPS) is 10.0. The molecule has 0 amide bonds. The van der Waals surface area contributed by atoms with Crippen LogP contribution in [-0.4, -0.2) is 21.0 Å². The predicted molar refractivity (Wildman–Crippen MR) is 65.6 cm³/mol. The number of aromatic nitrogens is 2. The Balaban J connectivity index is 2.15. The van der Waals surface area contributed by atoms with E-state index in [1.807, 2.05) is 12.1 Å². The number of hydrogen-bond acceptors (Lipinski definition) is 4. The molecule has 0 saturated heterocycles. The zero-order valence-corrected chi connectivity index (χ0v) is 9.38. The molecule has 0 aliphatic heterocycles. The number of rotatable bonds is 4. The largest absolute Gasteiger partial charge is 0.478 e. The molecule has 2 aromatic rings. The molecule has 0 saturated carbocycles. The minimum absolute atomic E-state index is 0.0454. The molecule has 6 nitrogen and oxygen atoms in total. The van der Waals surface area contributed by atoms with E-state index >= 15 is 0 Å². The quantitative estimate of drug-likeness (QED) is 0.749. The Morgan fingerprint density at radius 1 is 1.33 bits per heavy atom. The topological polar surface area (TPSA) is 95.1 Å². The highest BCUT2D eigenvalue weighted by atomic mass is 16.4. The molecule has 0 aliphatic rings. The molecule has 0 atom stereocenters. The summed E-state index contributed by atoms with van der Waals surface area (Å²) in [5.74, 6) is -0.759. The summed E-state index contributed by atoms with van der Waals surface area (Å²) in [5, 5.41) is 11.8. The van der Waals surface area contributed by atoms with Crippen LogP contribution in [0.25, 0.3) is 0 Å². The smallest absolute Gasteiger partial charge is 0.336 e. The van der Waals surface area contributed by atoms with E-state index in [1.54, 1.807) is 12.4 Å². The van der Waals surface area contributed by atoms with Crippen LogP contribution in [0, 0.1) is 0 Å². The van der Waals surface area contributed by atoms with Crippen molar-refractivity contribution < 1.29 is 9.90 Å². The number of carboxylic acids is 1. The van der Waals surface area contributed by atoms with Gasteiger partial charge in [0.2, 0.25) is 5.56 Å². The molecule has 0 unspecified atom stereocenters. The second kappa shape index (κ2) is 5.13. The number of H-pyrrole nitrogens is 1. The van der Waals surface area contributed by atoms with Gasteiger partial charge in [0.15, 0.2) is 0 Å². The number of carboxylic acid groups (broad SMARTS) is 1. The predicted octanol–water partition coefficient (Wildman–Crippen LogP) is 1.08. The van der Waals surface area contributed by atoms with Gasteiger partial charge in [-0.3, -0.25) is 9.78 Å². The van der Waals surface area contributed by atoms with Gasteiger partial charge < -0.3 is 15.4 Å². The third-order valence-electron chi connectivity index (χ3n) is 2.32. The van der Waals surface area contributed by atoms with Crippen molar-refractivity contribution in [3.8, 4) is 0 Å². The van der Waals surface area contributed by atoms with Crippen molar-refractivity contribution in [2.24, 2.45) is 0 Å². The van der Waals surface area contributed by atoms with Crippen LogP contribution in [0.3, 0.4) is 0 Å². The molecular formula is C12H11N3O3. The molecule has 0 aromatic carbocycles. The molecule has 2 rings (SSSR count). The lowest BCUT2D eigenvalue weighted by molar-refractivity contribution is 0.0696. The minimum Gasteiger partial charge on any atom is -0.478 e. The lowest BCUT2D eigenvalue weighted by atomic mass is 10.2. The van der Waals surface area contributed by atoms with Crippen molar-refractivity contribution in [2.75, 3.05) is 5.32 Å². The van der Waals surface area contributed by atoms with Crippen molar-refractivity contribution in [1.82, 2.24) is 9.97 Å². The molecule has 2 aromatic heterocycles. The summed E-state index contributed by atoms with van der Waals surface area (Å²) in [6, 6.07) is 6.07. The molecule has 92 valence electrons. The zero-order valence-electron chi connectivity index (χ0n) is 9.38. The second-order valence-electron chi connectivity index (χ2n) is 3.66. The van der Waals surface area contributed by atoms with Crippen LogP contribution in [0.2, 0.25) is 0 Å². The van der Waals surface area contributed by atoms with Gasteiger partial charge in [-0.1, -0.05) is 0 Å². The molecule has 6 heteroatoms. The van der Waals surface area contributed by atoms with Crippen molar-refractivity contribution in [2.45, 2.75) is 6.54 Å². The average molecular weight is 245 g/mol. The van der Waals surface area contributed by atoms with Crippen LogP contribution >= 0.6 is 0 Å². The number of aromatic amines is 1. The highest BCUT2D eigenvalue weighted by Gasteiger charge is 2.05. The maximum Gasteiger partial charge on any atom is 0.336 e. The molecule has 2 heterocycles. The number of nitrogens with zero attached hydrogens (tertiary/aromatic N) is 1. The van der Waals surface area contributed by atoms with Crippen LogP contribution in [0.1, 0.15) is 15.9 Å². The third-order valence-corrected chi connectivity index (χ3v) is 2.32. The lowest BCUT2D eigenvalue weighted by Crippen LogP contribution is -2.13. The Bertz CT molecular complexity index is 607. The van der Waals surface area contributed by atoms with Crippen LogP contribution in [-0.2, 0) is 6.54 Å². The van der Waals surface area contributed by atoms with Gasteiger partial charge in [0.05, 0.1) is 5.56 Å². The van der Waals surface area contributed by atoms with Crippen LogP contribution < -0.4 is 10.9 Å². The van der Waals surface area contributed by atoms with E-state index < -0.39 is 11.5 Å². The molecule has 18 heavy (non-hydrogen) atoms. The van der Waals surface area contributed by atoms with E-state index in [1.165, 1.54) is 6.07 Å². The summed E-state index contributed by atoms with van der Waals surface area (Å²) < 4.78 is 0. The third kappa shape index (κ3) is 2.94. The molecule has 0 radical (unpaired) electrons. The summed E-state index contributed by atoms with van der Waals surface area (Å²) in [4.78, 5) is 28.5. The Labute approximate surface area is 102 Å². The summed E-state index contributed by atoms with van der Waals surface area (Å²) in [7, 11) is 0. The first-order chi connectivity index (χ1) is 8.65. The van der Waals surface area contributed by atoms with E-state index in [9.17, 15) is 9.59 Å². The molecule has 3 N–H and O–H groups in total. The molecule has 0 fully saturated rings. The molecular weight excluding hydrogens is 234 g/mol. The van der Waals surface area contributed by atoms with Gasteiger partial charge in [0.25, 0.3) is 0 Å². The maximum atomic E-state index is 11.3. The number of anilines is 1. The van der Waals surface area contributed by atoms with Gasteiger partial charge in [-0.25, -0.2) is 4.79 Å². The Morgan fingerprint density at radius 3 is 2.72 bits per heavy atom. The minimum atomic E-state index is -1.13. The molecule has 0 aliphatic carbocycles. The van der Waals surface area contributed by atoms with Crippen molar-refractivity contribution in [3.05, 3.63) is 58.1 Å². The van der Waals surface area contributed by atoms with Crippen LogP contribution in [0.4, 0.5) is 5.82 Å². The Morgan fingerprint density at radius 2 is 2.06 bits per heavy atom. The van der Waals surface area contributed by atoms with Crippen molar-refractivity contribution >= 4 is 11.8 Å². The maximum absolute atomic E-state index is 11.3. The lowest BCUT2D eigenvalue weighted by Gasteiger charge is -2.06. The first kappa shape index (κ1) is 11.8. The van der Waals surface area contributed by atoms with Gasteiger partial charge in [-0.2, -0.15) is 0 Å². The van der Waals surface area contributed by atoms with E-state index in [2.05, 4.69) is 15.3 Å². The number of carbonyl (C=O) groups is 1. The molecule has 0 bridgehead atoms. The van der Waals surface area contributed by atoms with Gasteiger partial charge in [0, 0.05) is 25.0 Å². The van der Waals surface area contributed by atoms with Crippen LogP contribution in [0.15, 0.2) is 41.5 Å². The first-order valence-electron chi connectivity index (χ1n) is 5.25. The SMILES string of the molecule is O=C(O)c1cc(NCc2ccncc2)[nH]c(=O)c1. The summed E-state index contributed by atoms with van der Waals surface area (Å²) in [5.41, 5.74) is 0.481. The fourth-order valence-electron chi connectivity index (χ4n) is 1.46. The average Bonchev–Trinajstić information content (AvgIpc) is 2.37. The standard InChI is InChI=1S/C12H11N3O3/c16-11-6-9(12(17)18)5-10(15-11)14-7-8-1-3-13-4-2-8/h1-6H,7H2,(H,17,18)(H2,14,15,16). The van der Waals surface area contributed by atoms with E-state index in [-0.39, 0.29) is 5.56 Å². The molecule has 0 spiro atoms. The fraction of sp³-hybridized carbons (Fsp3) is 0.0833. The van der Waals surface area contributed by atoms with Gasteiger partial charge in [-0.15, -0.1) is 0 Å². The second-order valence-corrected chi connectivity index (χ2v) is 3.66. The van der Waals surface area contributed by atoms with Crippen molar-refractivity contribution in [1.29, 1.82) is 0 Å². The van der Waals surface area contributed by atoms with E-state index in [0.29, 0.717) is 12.4 Å². The Hall–Kier alpha value is -2.63. The highest BCUT2D eigenvalue weighted by molar-refractivity contribution is 5.88. The van der Waals surface area contributed by atoms with E-state index in [0.717, 1.165) is 11.6 Å². The summed E-state index contributed by atoms with van der Waals surface area (Å²) in [6.07, 6.45) is 3.32.